The van der Waals surface area contributed by atoms with Crippen molar-refractivity contribution in [2.24, 2.45) is 0 Å². The molecule has 0 aliphatic carbocycles. The number of esters is 2. The van der Waals surface area contributed by atoms with Crippen LogP contribution in [0.1, 0.15) is 43.0 Å². The van der Waals surface area contributed by atoms with Crippen LogP contribution < -0.4 is 9.47 Å². The molecule has 7 heteroatoms. The van der Waals surface area contributed by atoms with Crippen LogP contribution in [-0.2, 0) is 9.84 Å². The highest BCUT2D eigenvalue weighted by Crippen LogP contribution is 2.34. The Balaban J connectivity index is 1.75. The molecule has 0 aliphatic heterocycles. The highest BCUT2D eigenvalue weighted by atomic mass is 32.2. The topological polar surface area (TPSA) is 86.7 Å². The van der Waals surface area contributed by atoms with Gasteiger partial charge in [0.05, 0.1) is 16.0 Å². The summed E-state index contributed by atoms with van der Waals surface area (Å²) in [6.07, 6.45) is 0. The lowest BCUT2D eigenvalue weighted by atomic mass is 10.1. The maximum absolute atomic E-state index is 13.7. The molecule has 0 spiro atoms. The fourth-order valence-corrected chi connectivity index (χ4v) is 5.04. The molecule has 0 aromatic heterocycles. The summed E-state index contributed by atoms with van der Waals surface area (Å²) >= 11 is 0. The highest BCUT2D eigenvalue weighted by molar-refractivity contribution is 7.91. The van der Waals surface area contributed by atoms with Crippen LogP contribution >= 0.6 is 0 Å². The second kappa shape index (κ2) is 10.4. The van der Waals surface area contributed by atoms with E-state index in [0.717, 1.165) is 22.3 Å². The molecule has 4 aromatic carbocycles. The standard InChI is InChI=1S/C30H26O6S/c1-19-5-10-23(11-6-19)29(31)35-25-14-16-27(36-30(32)24-12-7-20(2)8-13-24)28(18-25)37(33,34)26-15-9-21(3)22(4)17-26/h5-18H,1-4H3. The van der Waals surface area contributed by atoms with Gasteiger partial charge in [-0.15, -0.1) is 0 Å². The van der Waals surface area contributed by atoms with Crippen LogP contribution in [0.3, 0.4) is 0 Å². The molecule has 0 heterocycles. The smallest absolute Gasteiger partial charge is 0.343 e. The van der Waals surface area contributed by atoms with Crippen LogP contribution in [0.2, 0.25) is 0 Å². The van der Waals surface area contributed by atoms with Crippen molar-refractivity contribution in [3.63, 3.8) is 0 Å². The van der Waals surface area contributed by atoms with Crippen molar-refractivity contribution in [1.29, 1.82) is 0 Å². The zero-order valence-corrected chi connectivity index (χ0v) is 21.8. The summed E-state index contributed by atoms with van der Waals surface area (Å²) in [6, 6.07) is 22.2. The molecular formula is C30H26O6S. The van der Waals surface area contributed by atoms with Gasteiger partial charge in [-0.25, -0.2) is 18.0 Å². The van der Waals surface area contributed by atoms with E-state index in [9.17, 15) is 18.0 Å². The second-order valence-corrected chi connectivity index (χ2v) is 10.8. The van der Waals surface area contributed by atoms with Gasteiger partial charge in [0.2, 0.25) is 9.84 Å². The van der Waals surface area contributed by atoms with Crippen molar-refractivity contribution in [3.05, 3.63) is 118 Å². The van der Waals surface area contributed by atoms with Gasteiger partial charge < -0.3 is 9.47 Å². The highest BCUT2D eigenvalue weighted by Gasteiger charge is 2.26. The maximum Gasteiger partial charge on any atom is 0.343 e. The van der Waals surface area contributed by atoms with Crippen LogP contribution in [0.4, 0.5) is 0 Å². The first-order valence-corrected chi connectivity index (χ1v) is 13.1. The molecule has 188 valence electrons. The first-order chi connectivity index (χ1) is 17.5. The molecule has 0 amide bonds. The number of hydrogen-bond acceptors (Lipinski definition) is 6. The zero-order valence-electron chi connectivity index (χ0n) is 20.9. The lowest BCUT2D eigenvalue weighted by Gasteiger charge is -2.14. The number of benzene rings is 4. The lowest BCUT2D eigenvalue weighted by molar-refractivity contribution is 0.0715. The molecule has 0 bridgehead atoms. The van der Waals surface area contributed by atoms with Crippen LogP contribution in [0.5, 0.6) is 11.5 Å². The molecule has 0 unspecified atom stereocenters. The van der Waals surface area contributed by atoms with Gasteiger partial charge in [-0.2, -0.15) is 0 Å². The molecule has 0 atom stereocenters. The summed E-state index contributed by atoms with van der Waals surface area (Å²) in [4.78, 5) is 25.2. The molecule has 6 nitrogen and oxygen atoms in total. The van der Waals surface area contributed by atoms with E-state index in [1.165, 1.54) is 24.3 Å². The number of carbonyl (C=O) groups excluding carboxylic acids is 2. The van der Waals surface area contributed by atoms with Crippen LogP contribution in [0.15, 0.2) is 94.7 Å². The van der Waals surface area contributed by atoms with Gasteiger partial charge in [0.1, 0.15) is 10.6 Å². The molecular weight excluding hydrogens is 488 g/mol. The average Bonchev–Trinajstić information content (AvgIpc) is 2.87. The summed E-state index contributed by atoms with van der Waals surface area (Å²) in [5, 5.41) is 0. The fraction of sp³-hybridized carbons (Fsp3) is 0.133. The number of sulfone groups is 1. The third-order valence-corrected chi connectivity index (χ3v) is 7.75. The Bertz CT molecular complexity index is 1580. The van der Waals surface area contributed by atoms with Crippen molar-refractivity contribution >= 4 is 21.8 Å². The van der Waals surface area contributed by atoms with Gasteiger partial charge in [0.15, 0.2) is 5.75 Å². The number of hydrogen-bond donors (Lipinski definition) is 0. The lowest BCUT2D eigenvalue weighted by Crippen LogP contribution is -2.13. The predicted octanol–water partition coefficient (Wildman–Crippen LogP) is 6.19. The van der Waals surface area contributed by atoms with Gasteiger partial charge in [-0.3, -0.25) is 0 Å². The number of ether oxygens (including phenoxy) is 2. The van der Waals surface area contributed by atoms with Gasteiger partial charge in [-0.05, 0) is 87.4 Å². The van der Waals surface area contributed by atoms with E-state index in [2.05, 4.69) is 0 Å². The molecule has 0 fully saturated rings. The van der Waals surface area contributed by atoms with E-state index in [1.807, 2.05) is 27.7 Å². The third-order valence-electron chi connectivity index (χ3n) is 5.98. The predicted molar refractivity (Wildman–Crippen MR) is 140 cm³/mol. The molecule has 0 saturated heterocycles. The summed E-state index contributed by atoms with van der Waals surface area (Å²) < 4.78 is 38.4. The zero-order chi connectivity index (χ0) is 26.7. The number of carbonyl (C=O) groups is 2. The summed E-state index contributed by atoms with van der Waals surface area (Å²) in [5.74, 6) is -1.51. The first kappa shape index (κ1) is 25.9. The second-order valence-electron chi connectivity index (χ2n) is 8.87. The minimum absolute atomic E-state index is 0.00289. The molecule has 0 radical (unpaired) electrons. The Kier molecular flexibility index (Phi) is 7.27. The van der Waals surface area contributed by atoms with E-state index in [4.69, 9.17) is 9.47 Å². The maximum atomic E-state index is 13.7. The normalized spacial score (nSPS) is 11.1. The van der Waals surface area contributed by atoms with Crippen molar-refractivity contribution in [1.82, 2.24) is 0 Å². The third kappa shape index (κ3) is 5.78. The van der Waals surface area contributed by atoms with Crippen molar-refractivity contribution in [3.8, 4) is 11.5 Å². The van der Waals surface area contributed by atoms with Gasteiger partial charge in [0.25, 0.3) is 0 Å². The van der Waals surface area contributed by atoms with Crippen LogP contribution in [-0.4, -0.2) is 20.4 Å². The summed E-state index contributed by atoms with van der Waals surface area (Å²) in [6.45, 7) is 7.48. The molecule has 4 aromatic rings. The Morgan fingerprint density at radius 2 is 1.14 bits per heavy atom. The van der Waals surface area contributed by atoms with Gasteiger partial charge >= 0.3 is 11.9 Å². The van der Waals surface area contributed by atoms with Crippen molar-refractivity contribution in [2.75, 3.05) is 0 Å². The van der Waals surface area contributed by atoms with E-state index in [0.29, 0.717) is 5.56 Å². The van der Waals surface area contributed by atoms with Crippen LogP contribution in [0, 0.1) is 27.7 Å². The summed E-state index contributed by atoms with van der Waals surface area (Å²) in [7, 11) is -4.14. The quantitative estimate of drug-likeness (QED) is 0.225. The average molecular weight is 515 g/mol. The molecule has 0 aliphatic rings. The molecule has 0 N–H and O–H groups in total. The summed E-state index contributed by atoms with van der Waals surface area (Å²) in [5.41, 5.74) is 4.27. The Hall–Kier alpha value is -4.23. The largest absolute Gasteiger partial charge is 0.423 e. The monoisotopic (exact) mass is 514 g/mol. The van der Waals surface area contributed by atoms with E-state index >= 15 is 0 Å². The minimum Gasteiger partial charge on any atom is -0.423 e. The molecule has 4 rings (SSSR count). The van der Waals surface area contributed by atoms with Gasteiger partial charge in [0, 0.05) is 6.07 Å². The Morgan fingerprint density at radius 1 is 0.595 bits per heavy atom. The van der Waals surface area contributed by atoms with E-state index in [-0.39, 0.29) is 26.9 Å². The Labute approximate surface area is 216 Å². The Morgan fingerprint density at radius 3 is 1.68 bits per heavy atom. The van der Waals surface area contributed by atoms with Crippen molar-refractivity contribution in [2.45, 2.75) is 37.5 Å². The van der Waals surface area contributed by atoms with Crippen LogP contribution in [0.25, 0.3) is 0 Å². The van der Waals surface area contributed by atoms with E-state index < -0.39 is 21.8 Å². The van der Waals surface area contributed by atoms with Gasteiger partial charge in [-0.1, -0.05) is 41.5 Å². The van der Waals surface area contributed by atoms with E-state index in [1.54, 1.807) is 60.7 Å². The fourth-order valence-electron chi connectivity index (χ4n) is 3.56. The number of aryl methyl sites for hydroxylation is 4. The number of rotatable bonds is 6. The van der Waals surface area contributed by atoms with Crippen molar-refractivity contribution < 1.29 is 27.5 Å². The molecule has 37 heavy (non-hydrogen) atoms. The first-order valence-electron chi connectivity index (χ1n) is 11.6. The SMILES string of the molecule is Cc1ccc(C(=O)Oc2ccc(OC(=O)c3ccc(C)cc3)c(S(=O)(=O)c3ccc(C)c(C)c3)c2)cc1. The molecule has 0 saturated carbocycles. The minimum atomic E-state index is -4.14.